The molecule has 0 aliphatic carbocycles. The first-order valence-corrected chi connectivity index (χ1v) is 3.94. The van der Waals surface area contributed by atoms with Crippen LogP contribution in [0.1, 0.15) is 11.5 Å². The predicted molar refractivity (Wildman–Crippen MR) is 45.3 cm³/mol. The SMILES string of the molecule is Oc1ccc2c(c1)C(CF)CN2. The monoisotopic (exact) mass is 167 g/mol. The molecule has 1 aliphatic rings. The average Bonchev–Trinajstić information content (AvgIpc) is 2.46. The summed E-state index contributed by atoms with van der Waals surface area (Å²) in [5.41, 5.74) is 1.83. The summed E-state index contributed by atoms with van der Waals surface area (Å²) in [5, 5.41) is 12.2. The second-order valence-electron chi connectivity index (χ2n) is 3.00. The zero-order valence-corrected chi connectivity index (χ0v) is 6.55. The van der Waals surface area contributed by atoms with Gasteiger partial charge in [0.1, 0.15) is 5.75 Å². The molecule has 12 heavy (non-hydrogen) atoms. The minimum Gasteiger partial charge on any atom is -0.508 e. The molecular weight excluding hydrogens is 157 g/mol. The van der Waals surface area contributed by atoms with E-state index in [4.69, 9.17) is 5.11 Å². The molecule has 0 saturated carbocycles. The number of alkyl halides is 1. The summed E-state index contributed by atoms with van der Waals surface area (Å²) in [6.07, 6.45) is 0. The van der Waals surface area contributed by atoms with Crippen LogP contribution in [0.15, 0.2) is 18.2 Å². The van der Waals surface area contributed by atoms with E-state index >= 15 is 0 Å². The molecule has 0 aromatic heterocycles. The molecule has 1 aromatic rings. The Balaban J connectivity index is 2.42. The fourth-order valence-electron chi connectivity index (χ4n) is 1.53. The Bertz CT molecular complexity index is 301. The number of halogens is 1. The maximum absolute atomic E-state index is 12.4. The van der Waals surface area contributed by atoms with Crippen molar-refractivity contribution in [1.82, 2.24) is 0 Å². The fraction of sp³-hybridized carbons (Fsp3) is 0.333. The third-order valence-corrected chi connectivity index (χ3v) is 2.20. The van der Waals surface area contributed by atoms with Gasteiger partial charge in [-0.2, -0.15) is 0 Å². The van der Waals surface area contributed by atoms with Gasteiger partial charge in [-0.1, -0.05) is 0 Å². The molecule has 0 radical (unpaired) electrons. The van der Waals surface area contributed by atoms with Crippen molar-refractivity contribution in [3.63, 3.8) is 0 Å². The topological polar surface area (TPSA) is 32.3 Å². The Kier molecular flexibility index (Phi) is 1.64. The number of hydrogen-bond donors (Lipinski definition) is 2. The summed E-state index contributed by atoms with van der Waals surface area (Å²) in [6, 6.07) is 5.01. The number of phenols is 1. The molecule has 2 nitrogen and oxygen atoms in total. The van der Waals surface area contributed by atoms with E-state index in [1.54, 1.807) is 18.2 Å². The molecule has 1 aromatic carbocycles. The summed E-state index contributed by atoms with van der Waals surface area (Å²) in [4.78, 5) is 0. The number of hydrogen-bond acceptors (Lipinski definition) is 2. The molecule has 1 atom stereocenters. The Morgan fingerprint density at radius 1 is 1.58 bits per heavy atom. The van der Waals surface area contributed by atoms with E-state index < -0.39 is 0 Å². The van der Waals surface area contributed by atoms with Gasteiger partial charge in [0.05, 0.1) is 6.67 Å². The predicted octanol–water partition coefficient (Wildman–Crippen LogP) is 1.87. The molecule has 3 heteroatoms. The Morgan fingerprint density at radius 2 is 2.42 bits per heavy atom. The van der Waals surface area contributed by atoms with Gasteiger partial charge in [0.25, 0.3) is 0 Å². The van der Waals surface area contributed by atoms with E-state index in [2.05, 4.69) is 5.32 Å². The van der Waals surface area contributed by atoms with E-state index in [0.29, 0.717) is 6.54 Å². The van der Waals surface area contributed by atoms with Crippen molar-refractivity contribution < 1.29 is 9.50 Å². The van der Waals surface area contributed by atoms with Crippen LogP contribution >= 0.6 is 0 Å². The highest BCUT2D eigenvalue weighted by Gasteiger charge is 2.21. The number of phenolic OH excluding ortho intramolecular Hbond substituents is 1. The largest absolute Gasteiger partial charge is 0.508 e. The molecule has 2 rings (SSSR count). The van der Waals surface area contributed by atoms with Crippen LogP contribution in [0.5, 0.6) is 5.75 Å². The number of fused-ring (bicyclic) bond motifs is 1. The molecule has 1 aliphatic heterocycles. The number of rotatable bonds is 1. The summed E-state index contributed by atoms with van der Waals surface area (Å²) in [7, 11) is 0. The first-order valence-electron chi connectivity index (χ1n) is 3.94. The molecule has 0 saturated heterocycles. The first kappa shape index (κ1) is 7.40. The van der Waals surface area contributed by atoms with Gasteiger partial charge in [-0.05, 0) is 23.8 Å². The third kappa shape index (κ3) is 1.02. The smallest absolute Gasteiger partial charge is 0.116 e. The molecule has 0 fully saturated rings. The van der Waals surface area contributed by atoms with Gasteiger partial charge in [0, 0.05) is 18.2 Å². The highest BCUT2D eigenvalue weighted by molar-refractivity contribution is 5.59. The van der Waals surface area contributed by atoms with Crippen molar-refractivity contribution in [3.05, 3.63) is 23.8 Å². The van der Waals surface area contributed by atoms with Crippen LogP contribution in [0.25, 0.3) is 0 Å². The Morgan fingerprint density at radius 3 is 3.17 bits per heavy atom. The molecule has 0 bridgehead atoms. The van der Waals surface area contributed by atoms with Gasteiger partial charge in [-0.3, -0.25) is 4.39 Å². The second-order valence-corrected chi connectivity index (χ2v) is 3.00. The molecule has 0 spiro atoms. The van der Waals surface area contributed by atoms with Gasteiger partial charge in [0.2, 0.25) is 0 Å². The van der Waals surface area contributed by atoms with Crippen molar-refractivity contribution in [2.75, 3.05) is 18.5 Å². The summed E-state index contributed by atoms with van der Waals surface area (Å²) < 4.78 is 12.4. The van der Waals surface area contributed by atoms with Crippen LogP contribution in [0, 0.1) is 0 Å². The maximum atomic E-state index is 12.4. The number of anilines is 1. The molecule has 0 amide bonds. The van der Waals surface area contributed by atoms with Crippen molar-refractivity contribution in [1.29, 1.82) is 0 Å². The summed E-state index contributed by atoms with van der Waals surface area (Å²) in [5.74, 6) is 0.114. The maximum Gasteiger partial charge on any atom is 0.116 e. The number of benzene rings is 1. The number of aromatic hydroxyl groups is 1. The Hall–Kier alpha value is -1.25. The lowest BCUT2D eigenvalue weighted by atomic mass is 10.0. The zero-order valence-electron chi connectivity index (χ0n) is 6.55. The normalized spacial score (nSPS) is 20.2. The van der Waals surface area contributed by atoms with Crippen LogP contribution in [-0.2, 0) is 0 Å². The molecule has 1 heterocycles. The van der Waals surface area contributed by atoms with Crippen LogP contribution in [0.3, 0.4) is 0 Å². The summed E-state index contributed by atoms with van der Waals surface area (Å²) >= 11 is 0. The van der Waals surface area contributed by atoms with E-state index in [9.17, 15) is 4.39 Å². The van der Waals surface area contributed by atoms with Gasteiger partial charge in [-0.15, -0.1) is 0 Å². The average molecular weight is 167 g/mol. The van der Waals surface area contributed by atoms with Crippen LogP contribution < -0.4 is 5.32 Å². The van der Waals surface area contributed by atoms with E-state index in [-0.39, 0.29) is 18.3 Å². The lowest BCUT2D eigenvalue weighted by Crippen LogP contribution is -2.02. The highest BCUT2D eigenvalue weighted by atomic mass is 19.1. The van der Waals surface area contributed by atoms with E-state index in [1.807, 2.05) is 0 Å². The first-order chi connectivity index (χ1) is 5.81. The molecule has 2 N–H and O–H groups in total. The van der Waals surface area contributed by atoms with Crippen LogP contribution in [0.4, 0.5) is 10.1 Å². The third-order valence-electron chi connectivity index (χ3n) is 2.20. The van der Waals surface area contributed by atoms with E-state index in [1.165, 1.54) is 0 Å². The zero-order chi connectivity index (χ0) is 8.55. The minimum atomic E-state index is -0.372. The molecule has 1 unspecified atom stereocenters. The number of nitrogens with one attached hydrogen (secondary N) is 1. The second kappa shape index (κ2) is 2.66. The lowest BCUT2D eigenvalue weighted by molar-refractivity contribution is 0.443. The minimum absolute atomic E-state index is 0.0906. The quantitative estimate of drug-likeness (QED) is 0.626. The molecule has 64 valence electrons. The van der Waals surface area contributed by atoms with Gasteiger partial charge < -0.3 is 10.4 Å². The summed E-state index contributed by atoms with van der Waals surface area (Å²) in [6.45, 7) is 0.263. The van der Waals surface area contributed by atoms with Gasteiger partial charge in [0.15, 0.2) is 0 Å². The van der Waals surface area contributed by atoms with Crippen LogP contribution in [-0.4, -0.2) is 18.3 Å². The van der Waals surface area contributed by atoms with Crippen molar-refractivity contribution >= 4 is 5.69 Å². The van der Waals surface area contributed by atoms with Crippen molar-refractivity contribution in [2.45, 2.75) is 5.92 Å². The standard InChI is InChI=1S/C9H10FNO/c10-4-6-5-11-9-2-1-7(12)3-8(6)9/h1-3,6,11-12H,4-5H2. The fourth-order valence-corrected chi connectivity index (χ4v) is 1.53. The molecular formula is C9H10FNO. The van der Waals surface area contributed by atoms with Crippen molar-refractivity contribution in [2.24, 2.45) is 0 Å². The lowest BCUT2D eigenvalue weighted by Gasteiger charge is -2.03. The van der Waals surface area contributed by atoms with E-state index in [0.717, 1.165) is 11.3 Å². The van der Waals surface area contributed by atoms with Crippen LogP contribution in [0.2, 0.25) is 0 Å². The Labute approximate surface area is 70.0 Å². The van der Waals surface area contributed by atoms with Crippen molar-refractivity contribution in [3.8, 4) is 5.75 Å². The highest BCUT2D eigenvalue weighted by Crippen LogP contribution is 2.33. The van der Waals surface area contributed by atoms with Gasteiger partial charge >= 0.3 is 0 Å². The van der Waals surface area contributed by atoms with Gasteiger partial charge in [-0.25, -0.2) is 0 Å².